The summed E-state index contributed by atoms with van der Waals surface area (Å²) in [5.41, 5.74) is 0. The van der Waals surface area contributed by atoms with Gasteiger partial charge in [0.15, 0.2) is 4.30 Å². The van der Waals surface area contributed by atoms with Crippen LogP contribution < -0.4 is 0 Å². The van der Waals surface area contributed by atoms with Crippen LogP contribution in [0, 0.1) is 0 Å². The van der Waals surface area contributed by atoms with Gasteiger partial charge in [-0.3, -0.25) is 0 Å². The molecule has 0 saturated heterocycles. The fraction of sp³-hybridized carbons (Fsp3) is 1.00. The van der Waals surface area contributed by atoms with Gasteiger partial charge in [0.2, 0.25) is 0 Å². The molecule has 0 nitrogen and oxygen atoms in total. The third-order valence-corrected chi connectivity index (χ3v) is 0. The molecule has 0 amide bonds. The minimum Gasteiger partial charge on any atom is -0.0874 e. The number of rotatable bonds is 0. The summed E-state index contributed by atoms with van der Waals surface area (Å²) in [6.45, 7) is 0. The zero-order valence-electron chi connectivity index (χ0n) is 1.71. The van der Waals surface area contributed by atoms with Crippen molar-refractivity contribution in [1.29, 1.82) is 0 Å². The Balaban J connectivity index is -0.00000000750. The lowest BCUT2D eigenvalue weighted by atomic mass is 11.9. The summed E-state index contributed by atoms with van der Waals surface area (Å²) in [6.07, 6.45) is 0. The average Bonchev–Trinajstić information content (AvgIpc) is 0.811. The maximum absolute atomic E-state index is 4.81. The Kier molecular flexibility index (Phi) is 114. The highest BCUT2D eigenvalue weighted by Gasteiger charge is 1.78. The Morgan fingerprint density at radius 3 is 0.625 bits per heavy atom. The largest absolute Gasteiger partial charge is 0.180 e. The van der Waals surface area contributed by atoms with Gasteiger partial charge in [0.25, 0.3) is 0 Å². The van der Waals surface area contributed by atoms with E-state index in [-0.39, 0.29) is 29.7 Å². The highest BCUT2D eigenvalue weighted by Crippen LogP contribution is 2.03. The Morgan fingerprint density at radius 2 is 0.625 bits per heavy atom. The van der Waals surface area contributed by atoms with Crippen LogP contribution in [0.4, 0.5) is 0 Å². The molecule has 0 aromatic heterocycles. The van der Waals surface area contributed by atoms with Crippen molar-refractivity contribution in [3.63, 3.8) is 0 Å². The minimum atomic E-state index is -0.750. The van der Waals surface area contributed by atoms with E-state index < -0.39 is 4.30 Å². The molecule has 3 heteroatoms. The van der Waals surface area contributed by atoms with E-state index >= 15 is 0 Å². The quantitative estimate of drug-likeness (QED) is 0.484. The second kappa shape index (κ2) is 24.8. The molecule has 0 aliphatic carbocycles. The predicted molar refractivity (Wildman–Crippen MR) is 48.3 cm³/mol. The van der Waals surface area contributed by atoms with Gasteiger partial charge < -0.3 is 0 Å². The number of halogens is 3. The molecule has 0 spiro atoms. The third-order valence-electron chi connectivity index (χ3n) is 0. The Bertz CT molecular complexity index is 12.4. The molecule has 0 N–H and O–H groups in total. The third kappa shape index (κ3) is 313. The summed E-state index contributed by atoms with van der Waals surface area (Å²) in [5, 5.41) is 0. The van der Waals surface area contributed by atoms with Crippen LogP contribution in [0.3, 0.4) is 0 Å². The number of hydrogen-bond donors (Lipinski definition) is 0. The fourth-order valence-corrected chi connectivity index (χ4v) is 0. The van der Waals surface area contributed by atoms with Crippen molar-refractivity contribution < 1.29 is 0 Å². The SMILES string of the molecule is C.C.C.C.ClC(Cl)Cl. The van der Waals surface area contributed by atoms with Crippen LogP contribution in [-0.2, 0) is 0 Å². The molecule has 0 atom stereocenters. The molecule has 0 bridgehead atoms. The summed E-state index contributed by atoms with van der Waals surface area (Å²) in [6, 6.07) is 0. The molecule has 0 aliphatic heterocycles. The van der Waals surface area contributed by atoms with Crippen LogP contribution in [0.15, 0.2) is 0 Å². The highest BCUT2D eigenvalue weighted by molar-refractivity contribution is 6.63. The lowest BCUT2D eigenvalue weighted by Crippen LogP contribution is -1.55. The second-order valence-corrected chi connectivity index (χ2v) is 2.23. The Labute approximate surface area is 69.1 Å². The lowest BCUT2D eigenvalue weighted by molar-refractivity contribution is 1.96. The van der Waals surface area contributed by atoms with E-state index in [1.165, 1.54) is 0 Å². The smallest absolute Gasteiger partial charge is 0.0874 e. The van der Waals surface area contributed by atoms with Crippen LogP contribution in [0.25, 0.3) is 0 Å². The summed E-state index contributed by atoms with van der Waals surface area (Å²) < 4.78 is -0.750. The first-order chi connectivity index (χ1) is 1.73. The first kappa shape index (κ1) is 36.7. The monoisotopic (exact) mass is 182 g/mol. The summed E-state index contributed by atoms with van der Waals surface area (Å²) in [7, 11) is 0. The van der Waals surface area contributed by atoms with Gasteiger partial charge in [-0.1, -0.05) is 64.5 Å². The van der Waals surface area contributed by atoms with Crippen molar-refractivity contribution >= 4 is 34.8 Å². The molecule has 58 valence electrons. The van der Waals surface area contributed by atoms with Gasteiger partial charge in [-0.2, -0.15) is 0 Å². The van der Waals surface area contributed by atoms with Crippen LogP contribution >= 0.6 is 34.8 Å². The molecule has 0 aromatic rings. The van der Waals surface area contributed by atoms with Crippen molar-refractivity contribution in [3.05, 3.63) is 0 Å². The minimum absolute atomic E-state index is 0. The van der Waals surface area contributed by atoms with E-state index in [9.17, 15) is 0 Å². The molecule has 0 aromatic carbocycles. The zero-order valence-corrected chi connectivity index (χ0v) is 3.98. The standard InChI is InChI=1S/CHCl3.4CH4/c2-1(3)4;;;;/h1H;4*1H4. The van der Waals surface area contributed by atoms with Crippen LogP contribution in [0.2, 0.25) is 0 Å². The number of hydrogen-bond acceptors (Lipinski definition) is 0. The molecular weight excluding hydrogens is 166 g/mol. The molecule has 0 rings (SSSR count). The first-order valence-electron chi connectivity index (χ1n) is 0.655. The van der Waals surface area contributed by atoms with E-state index in [0.29, 0.717) is 0 Å². The maximum atomic E-state index is 4.81. The number of alkyl halides is 3. The molecule has 0 heterocycles. The van der Waals surface area contributed by atoms with Crippen molar-refractivity contribution in [2.24, 2.45) is 0 Å². The molecule has 0 fully saturated rings. The van der Waals surface area contributed by atoms with Crippen LogP contribution in [0.5, 0.6) is 0 Å². The van der Waals surface area contributed by atoms with Gasteiger partial charge in [-0.25, -0.2) is 0 Å². The van der Waals surface area contributed by atoms with Gasteiger partial charge in [0, 0.05) is 0 Å². The Hall–Kier alpha value is 0.870. The van der Waals surface area contributed by atoms with Crippen molar-refractivity contribution in [2.45, 2.75) is 34.0 Å². The van der Waals surface area contributed by atoms with E-state index in [1.807, 2.05) is 0 Å². The van der Waals surface area contributed by atoms with Gasteiger partial charge in [-0.15, -0.1) is 0 Å². The predicted octanol–water partition coefficient (Wildman–Crippen LogP) is 4.53. The van der Waals surface area contributed by atoms with Crippen molar-refractivity contribution in [1.82, 2.24) is 0 Å². The lowest BCUT2D eigenvalue weighted by Gasteiger charge is -1.69. The molecule has 8 heavy (non-hydrogen) atoms. The molecule has 0 saturated carbocycles. The van der Waals surface area contributed by atoms with E-state index in [4.69, 9.17) is 34.8 Å². The molecule has 0 unspecified atom stereocenters. The first-order valence-corrected chi connectivity index (χ1v) is 1.96. The average molecular weight is 184 g/mol. The zero-order chi connectivity index (χ0) is 3.58. The van der Waals surface area contributed by atoms with Crippen LogP contribution in [0.1, 0.15) is 29.7 Å². The second-order valence-electron chi connectivity index (χ2n) is 0.247. The summed E-state index contributed by atoms with van der Waals surface area (Å²) in [4.78, 5) is 0. The van der Waals surface area contributed by atoms with E-state index in [0.717, 1.165) is 0 Å². The Morgan fingerprint density at radius 1 is 0.625 bits per heavy atom. The topological polar surface area (TPSA) is 0 Å². The van der Waals surface area contributed by atoms with Crippen LogP contribution in [-0.4, -0.2) is 4.30 Å². The fourth-order valence-electron chi connectivity index (χ4n) is 0. The molecule has 0 aliphatic rings. The van der Waals surface area contributed by atoms with E-state index in [2.05, 4.69) is 0 Å². The molecular formula is C5H17Cl3. The molecule has 0 radical (unpaired) electrons. The van der Waals surface area contributed by atoms with Crippen molar-refractivity contribution in [3.8, 4) is 0 Å². The summed E-state index contributed by atoms with van der Waals surface area (Å²) in [5.74, 6) is 0. The van der Waals surface area contributed by atoms with Gasteiger partial charge in [0.05, 0.1) is 0 Å². The van der Waals surface area contributed by atoms with Gasteiger partial charge >= 0.3 is 0 Å². The van der Waals surface area contributed by atoms with Crippen molar-refractivity contribution in [2.75, 3.05) is 0 Å². The van der Waals surface area contributed by atoms with Gasteiger partial charge in [-0.05, 0) is 0 Å². The maximum Gasteiger partial charge on any atom is 0.180 e. The normalized spacial score (nSPS) is 4.50. The van der Waals surface area contributed by atoms with E-state index in [1.54, 1.807) is 0 Å². The van der Waals surface area contributed by atoms with Gasteiger partial charge in [0.1, 0.15) is 0 Å². The highest BCUT2D eigenvalue weighted by atomic mass is 35.6. The summed E-state index contributed by atoms with van der Waals surface area (Å²) >= 11 is 14.4.